The van der Waals surface area contributed by atoms with E-state index in [1.807, 2.05) is 12.3 Å². The highest BCUT2D eigenvalue weighted by atomic mass is 31.1. The molecule has 0 aromatic carbocycles. The molecule has 102 valence electrons. The van der Waals surface area contributed by atoms with Gasteiger partial charge in [-0.1, -0.05) is 12.6 Å². The van der Waals surface area contributed by atoms with Crippen molar-refractivity contribution in [3.8, 4) is 0 Å². The Kier molecular flexibility index (Phi) is 4.27. The minimum atomic E-state index is -0.391. The molecule has 0 saturated carbocycles. The summed E-state index contributed by atoms with van der Waals surface area (Å²) in [6.45, 7) is 9.32. The first-order chi connectivity index (χ1) is 9.36. The van der Waals surface area contributed by atoms with Crippen molar-refractivity contribution in [1.82, 2.24) is 14.3 Å². The largest absolute Gasteiger partial charge is 0.266 e. The van der Waals surface area contributed by atoms with E-state index in [1.54, 1.807) is 0 Å². The summed E-state index contributed by atoms with van der Waals surface area (Å²) in [5.41, 5.74) is 1.08. The summed E-state index contributed by atoms with van der Waals surface area (Å²) in [5, 5.41) is 1.24. The molecule has 0 atom stereocenters. The fourth-order valence-electron chi connectivity index (χ4n) is 2.94. The molecule has 0 amide bonds. The molecule has 0 bridgehead atoms. The molecule has 0 spiro atoms. The number of hydrogen-bond donors (Lipinski definition) is 0. The van der Waals surface area contributed by atoms with Crippen LogP contribution in [-0.2, 0) is 0 Å². The molecule has 4 heteroatoms. The lowest BCUT2D eigenvalue weighted by atomic mass is 10.3. The third kappa shape index (κ3) is 2.89. The van der Waals surface area contributed by atoms with Crippen LogP contribution in [0.5, 0.6) is 0 Å². The van der Waals surface area contributed by atoms with Crippen molar-refractivity contribution in [3.63, 3.8) is 0 Å². The fourth-order valence-corrected chi connectivity index (χ4v) is 5.64. The maximum Gasteiger partial charge on any atom is 0.0740 e. The number of hydrogen-bond acceptors (Lipinski definition) is 3. The first kappa shape index (κ1) is 13.2. The van der Waals surface area contributed by atoms with Gasteiger partial charge in [-0.3, -0.25) is 14.3 Å². The minimum Gasteiger partial charge on any atom is -0.266 e. The summed E-state index contributed by atoms with van der Waals surface area (Å²) in [6.07, 6.45) is 7.22. The van der Waals surface area contributed by atoms with Gasteiger partial charge in [0, 0.05) is 37.7 Å². The van der Waals surface area contributed by atoms with Crippen LogP contribution in [0.3, 0.4) is 0 Å². The van der Waals surface area contributed by atoms with E-state index in [2.05, 4.69) is 33.0 Å². The van der Waals surface area contributed by atoms with E-state index in [0.29, 0.717) is 0 Å². The van der Waals surface area contributed by atoms with Gasteiger partial charge in [0.15, 0.2) is 0 Å². The van der Waals surface area contributed by atoms with E-state index in [1.165, 1.54) is 57.2 Å². The summed E-state index contributed by atoms with van der Waals surface area (Å²) in [4.78, 5) is 4.51. The molecule has 2 aliphatic rings. The van der Waals surface area contributed by atoms with Gasteiger partial charge in [0.05, 0.1) is 13.9 Å². The van der Waals surface area contributed by atoms with Crippen molar-refractivity contribution in [2.75, 3.05) is 26.2 Å². The zero-order valence-electron chi connectivity index (χ0n) is 11.5. The van der Waals surface area contributed by atoms with Crippen molar-refractivity contribution in [2.24, 2.45) is 0 Å². The smallest absolute Gasteiger partial charge is 0.0740 e. The summed E-state index contributed by atoms with van der Waals surface area (Å²) >= 11 is 0. The van der Waals surface area contributed by atoms with Crippen LogP contribution in [-0.4, -0.2) is 40.5 Å². The van der Waals surface area contributed by atoms with Gasteiger partial charge in [-0.15, -0.1) is 0 Å². The number of pyridine rings is 1. The molecule has 3 nitrogen and oxygen atoms in total. The Balaban J connectivity index is 1.83. The highest BCUT2D eigenvalue weighted by Crippen LogP contribution is 2.57. The minimum absolute atomic E-state index is 0.391. The van der Waals surface area contributed by atoms with Crippen LogP contribution >= 0.6 is 8.22 Å². The normalized spacial score (nSPS) is 21.3. The number of nitrogens with zero attached hydrogens (tertiary/aromatic N) is 3. The van der Waals surface area contributed by atoms with Crippen molar-refractivity contribution < 1.29 is 0 Å². The predicted molar refractivity (Wildman–Crippen MR) is 81.8 cm³/mol. The Hall–Kier alpha value is -0.760. The zero-order valence-corrected chi connectivity index (χ0v) is 12.4. The molecule has 2 aliphatic heterocycles. The quantitative estimate of drug-likeness (QED) is 0.783. The lowest BCUT2D eigenvalue weighted by Crippen LogP contribution is -2.25. The van der Waals surface area contributed by atoms with Crippen LogP contribution in [0.25, 0.3) is 5.31 Å². The molecule has 0 radical (unpaired) electrons. The second-order valence-corrected chi connectivity index (χ2v) is 7.52. The molecule has 0 aliphatic carbocycles. The van der Waals surface area contributed by atoms with Gasteiger partial charge >= 0.3 is 0 Å². The first-order valence-corrected chi connectivity index (χ1v) is 8.51. The molecule has 0 N–H and O–H groups in total. The zero-order chi connectivity index (χ0) is 13.1. The molecular formula is C15H22N3P. The van der Waals surface area contributed by atoms with Gasteiger partial charge in [-0.2, -0.15) is 0 Å². The first-order valence-electron chi connectivity index (χ1n) is 7.26. The number of rotatable bonds is 4. The van der Waals surface area contributed by atoms with Crippen LogP contribution in [0.2, 0.25) is 0 Å². The molecule has 0 unspecified atom stereocenters. The van der Waals surface area contributed by atoms with E-state index in [9.17, 15) is 0 Å². The molecule has 2 fully saturated rings. The fraction of sp³-hybridized carbons (Fsp3) is 0.533. The second-order valence-electron chi connectivity index (χ2n) is 5.27. The maximum absolute atomic E-state index is 4.51. The molecule has 3 heterocycles. The van der Waals surface area contributed by atoms with Crippen LogP contribution < -0.4 is 0 Å². The lowest BCUT2D eigenvalue weighted by Gasteiger charge is -2.35. The molecule has 3 rings (SSSR count). The highest BCUT2D eigenvalue weighted by molar-refractivity contribution is 7.63. The monoisotopic (exact) mass is 275 g/mol. The second kappa shape index (κ2) is 6.13. The van der Waals surface area contributed by atoms with E-state index in [-0.39, 0.29) is 0 Å². The van der Waals surface area contributed by atoms with Gasteiger partial charge in [-0.25, -0.2) is 0 Å². The average Bonchev–Trinajstić information content (AvgIpc) is 3.13. The van der Waals surface area contributed by atoms with Gasteiger partial charge in [0.25, 0.3) is 0 Å². The number of aromatic nitrogens is 1. The molecule has 1 aromatic heterocycles. The van der Waals surface area contributed by atoms with E-state index >= 15 is 0 Å². The van der Waals surface area contributed by atoms with E-state index in [0.717, 1.165) is 5.69 Å². The van der Waals surface area contributed by atoms with Crippen LogP contribution in [0.15, 0.2) is 31.0 Å². The maximum atomic E-state index is 4.51. The SMILES string of the molecule is C=C(c1ccccn1)P(N1CCCC1)N1CCCC1. The van der Waals surface area contributed by atoms with Crippen LogP contribution in [0.1, 0.15) is 31.4 Å². The summed E-state index contributed by atoms with van der Waals surface area (Å²) in [7, 11) is -0.391. The summed E-state index contributed by atoms with van der Waals surface area (Å²) in [6, 6.07) is 6.14. The van der Waals surface area contributed by atoms with Crippen LogP contribution in [0.4, 0.5) is 0 Å². The van der Waals surface area contributed by atoms with Crippen molar-refractivity contribution in [2.45, 2.75) is 25.7 Å². The van der Waals surface area contributed by atoms with Gasteiger partial charge in [-0.05, 0) is 37.8 Å². The van der Waals surface area contributed by atoms with Gasteiger partial charge in [0.1, 0.15) is 0 Å². The topological polar surface area (TPSA) is 19.4 Å². The third-order valence-corrected chi connectivity index (χ3v) is 6.49. The molecule has 19 heavy (non-hydrogen) atoms. The molecule has 1 aromatic rings. The van der Waals surface area contributed by atoms with Crippen LogP contribution in [0, 0.1) is 0 Å². The third-order valence-electron chi connectivity index (χ3n) is 3.90. The Labute approximate surface area is 117 Å². The molecular weight excluding hydrogens is 253 g/mol. The Bertz CT molecular complexity index is 406. The van der Waals surface area contributed by atoms with Crippen molar-refractivity contribution in [3.05, 3.63) is 36.7 Å². The highest BCUT2D eigenvalue weighted by Gasteiger charge is 2.32. The van der Waals surface area contributed by atoms with E-state index < -0.39 is 8.22 Å². The summed E-state index contributed by atoms with van der Waals surface area (Å²) in [5.74, 6) is 0. The Morgan fingerprint density at radius 1 is 1.00 bits per heavy atom. The Morgan fingerprint density at radius 3 is 2.05 bits per heavy atom. The van der Waals surface area contributed by atoms with E-state index in [4.69, 9.17) is 0 Å². The lowest BCUT2D eigenvalue weighted by molar-refractivity contribution is 0.483. The predicted octanol–water partition coefficient (Wildman–Crippen LogP) is 3.56. The summed E-state index contributed by atoms with van der Waals surface area (Å²) < 4.78 is 5.30. The van der Waals surface area contributed by atoms with Gasteiger partial charge in [0.2, 0.25) is 0 Å². The van der Waals surface area contributed by atoms with Crippen molar-refractivity contribution in [1.29, 1.82) is 0 Å². The van der Waals surface area contributed by atoms with Gasteiger partial charge < -0.3 is 0 Å². The Morgan fingerprint density at radius 2 is 1.58 bits per heavy atom. The average molecular weight is 275 g/mol. The standard InChI is InChI=1S/C15H22N3P/c1-14(15-8-2-3-9-16-15)19(17-10-4-5-11-17)18-12-6-7-13-18/h2-3,8-9H,1,4-7,10-13H2. The molecule has 2 saturated heterocycles. The van der Waals surface area contributed by atoms with Crippen molar-refractivity contribution >= 4 is 13.5 Å².